The van der Waals surface area contributed by atoms with Gasteiger partial charge in [0.25, 0.3) is 0 Å². The summed E-state index contributed by atoms with van der Waals surface area (Å²) in [4.78, 5) is 17.8. The van der Waals surface area contributed by atoms with Gasteiger partial charge in [0.2, 0.25) is 5.91 Å². The highest BCUT2D eigenvalue weighted by Gasteiger charge is 2.18. The lowest BCUT2D eigenvalue weighted by atomic mass is 9.88. The number of nitrogens with zero attached hydrogens (tertiary/aromatic N) is 2. The summed E-state index contributed by atoms with van der Waals surface area (Å²) < 4.78 is 2.03. The summed E-state index contributed by atoms with van der Waals surface area (Å²) >= 11 is 0. The van der Waals surface area contributed by atoms with Gasteiger partial charge in [-0.05, 0) is 41.8 Å². The minimum absolute atomic E-state index is 0.00254. The lowest BCUT2D eigenvalue weighted by molar-refractivity contribution is -0.116. The van der Waals surface area contributed by atoms with Crippen LogP contribution in [0.5, 0.6) is 0 Å². The maximum atomic E-state index is 13.1. The quantitative estimate of drug-likeness (QED) is 0.335. The molecule has 0 unspecified atom stereocenters. The largest absolute Gasteiger partial charge is 0.326 e. The molecule has 0 saturated heterocycles. The average Bonchev–Trinajstić information content (AvgIpc) is 3.27. The van der Waals surface area contributed by atoms with Crippen molar-refractivity contribution in [1.82, 2.24) is 9.38 Å². The minimum Gasteiger partial charge on any atom is -0.326 e. The number of aryl methyl sites for hydroxylation is 1. The van der Waals surface area contributed by atoms with Gasteiger partial charge >= 0.3 is 0 Å². The van der Waals surface area contributed by atoms with Crippen LogP contribution in [0.2, 0.25) is 0 Å². The topological polar surface area (TPSA) is 46.4 Å². The van der Waals surface area contributed by atoms with Gasteiger partial charge < -0.3 is 9.72 Å². The van der Waals surface area contributed by atoms with E-state index in [9.17, 15) is 4.79 Å². The zero-order valence-corrected chi connectivity index (χ0v) is 18.5. The third-order valence-corrected chi connectivity index (χ3v) is 5.83. The lowest BCUT2D eigenvalue weighted by Crippen LogP contribution is -2.16. The number of pyridine rings is 1. The monoisotopic (exact) mass is 431 g/mol. The zero-order valence-electron chi connectivity index (χ0n) is 18.5. The molecule has 0 fully saturated rings. The number of hydrogen-bond donors (Lipinski definition) is 1. The maximum absolute atomic E-state index is 13.1. The van der Waals surface area contributed by atoms with Gasteiger partial charge in [-0.15, -0.1) is 0 Å². The fraction of sp³-hybridized carbons (Fsp3) is 0.103. The second-order valence-corrected chi connectivity index (χ2v) is 8.31. The van der Waals surface area contributed by atoms with E-state index >= 15 is 0 Å². The van der Waals surface area contributed by atoms with Gasteiger partial charge in [-0.3, -0.25) is 4.79 Å². The fourth-order valence-electron chi connectivity index (χ4n) is 4.19. The van der Waals surface area contributed by atoms with Crippen LogP contribution in [0.3, 0.4) is 0 Å². The molecule has 4 heteroatoms. The first-order valence-corrected chi connectivity index (χ1v) is 11.1. The number of carbonyl (C=O) groups excluding carboxylic acids is 1. The summed E-state index contributed by atoms with van der Waals surface area (Å²) in [6.07, 6.45) is 4.45. The maximum Gasteiger partial charge on any atom is 0.225 e. The molecule has 3 aromatic carbocycles. The lowest BCUT2D eigenvalue weighted by Gasteiger charge is -2.18. The number of nitrogens with one attached hydrogen (secondary N) is 1. The number of anilines is 1. The Bertz CT molecular complexity index is 1350. The molecule has 162 valence electrons. The summed E-state index contributed by atoms with van der Waals surface area (Å²) in [7, 11) is 0. The number of fused-ring (bicyclic) bond motifs is 1. The van der Waals surface area contributed by atoms with Gasteiger partial charge in [0.1, 0.15) is 5.65 Å². The van der Waals surface area contributed by atoms with E-state index in [0.29, 0.717) is 6.42 Å². The van der Waals surface area contributed by atoms with Crippen LogP contribution in [0, 0.1) is 6.92 Å². The van der Waals surface area contributed by atoms with Crippen LogP contribution in [0.1, 0.15) is 29.0 Å². The summed E-state index contributed by atoms with van der Waals surface area (Å²) in [5, 5.41) is 3.09. The van der Waals surface area contributed by atoms with Gasteiger partial charge in [-0.1, -0.05) is 78.9 Å². The van der Waals surface area contributed by atoms with Gasteiger partial charge in [0.15, 0.2) is 0 Å². The van der Waals surface area contributed by atoms with Crippen LogP contribution >= 0.6 is 0 Å². The first-order valence-electron chi connectivity index (χ1n) is 11.1. The molecular weight excluding hydrogens is 406 g/mol. The molecule has 0 atom stereocenters. The highest BCUT2D eigenvalue weighted by Crippen LogP contribution is 2.29. The third kappa shape index (κ3) is 4.70. The van der Waals surface area contributed by atoms with E-state index in [1.165, 1.54) is 5.56 Å². The summed E-state index contributed by atoms with van der Waals surface area (Å²) in [5.74, 6) is -0.0206. The molecule has 0 saturated carbocycles. The van der Waals surface area contributed by atoms with Crippen molar-refractivity contribution >= 4 is 17.2 Å². The van der Waals surface area contributed by atoms with Crippen molar-refractivity contribution in [3.8, 4) is 11.3 Å². The smallest absolute Gasteiger partial charge is 0.225 e. The normalized spacial score (nSPS) is 11.1. The Morgan fingerprint density at radius 1 is 0.848 bits per heavy atom. The van der Waals surface area contributed by atoms with Crippen molar-refractivity contribution in [2.24, 2.45) is 0 Å². The molecule has 0 spiro atoms. The number of aromatic nitrogens is 2. The van der Waals surface area contributed by atoms with Crippen molar-refractivity contribution in [2.45, 2.75) is 19.3 Å². The Balaban J connectivity index is 1.37. The van der Waals surface area contributed by atoms with Crippen molar-refractivity contribution in [2.75, 3.05) is 5.32 Å². The Labute approximate surface area is 193 Å². The number of imidazole rings is 1. The predicted molar refractivity (Wildman–Crippen MR) is 133 cm³/mol. The van der Waals surface area contributed by atoms with Crippen LogP contribution in [0.15, 0.2) is 109 Å². The van der Waals surface area contributed by atoms with E-state index < -0.39 is 0 Å². The van der Waals surface area contributed by atoms with Crippen LogP contribution in [0.4, 0.5) is 5.69 Å². The molecule has 33 heavy (non-hydrogen) atoms. The Kier molecular flexibility index (Phi) is 5.73. The highest BCUT2D eigenvalue weighted by molar-refractivity contribution is 5.92. The number of benzene rings is 3. The Morgan fingerprint density at radius 2 is 1.55 bits per heavy atom. The van der Waals surface area contributed by atoms with Gasteiger partial charge in [0.05, 0.1) is 5.69 Å². The average molecular weight is 432 g/mol. The molecule has 0 radical (unpaired) electrons. The predicted octanol–water partition coefficient (Wildman–Crippen LogP) is 6.47. The molecule has 1 amide bonds. The molecule has 0 bridgehead atoms. The molecule has 2 heterocycles. The van der Waals surface area contributed by atoms with E-state index in [-0.39, 0.29) is 11.8 Å². The number of rotatable bonds is 6. The summed E-state index contributed by atoms with van der Waals surface area (Å²) in [6, 6.07) is 32.3. The van der Waals surface area contributed by atoms with Crippen molar-refractivity contribution in [3.63, 3.8) is 0 Å². The van der Waals surface area contributed by atoms with Gasteiger partial charge in [-0.25, -0.2) is 4.98 Å². The SMILES string of the molecule is Cc1ccc2nc(-c3cccc(NC(=O)CC(c4ccccc4)c4ccccc4)c3)cn2c1. The van der Waals surface area contributed by atoms with Crippen molar-refractivity contribution in [3.05, 3.63) is 126 Å². The second kappa shape index (κ2) is 9.13. The number of carbonyl (C=O) groups is 1. The Morgan fingerprint density at radius 3 is 2.24 bits per heavy atom. The fourth-order valence-corrected chi connectivity index (χ4v) is 4.19. The van der Waals surface area contributed by atoms with Gasteiger partial charge in [0, 0.05) is 36.0 Å². The van der Waals surface area contributed by atoms with Crippen LogP contribution in [0.25, 0.3) is 16.9 Å². The number of amides is 1. The van der Waals surface area contributed by atoms with Crippen molar-refractivity contribution < 1.29 is 4.79 Å². The first-order chi connectivity index (χ1) is 16.2. The molecule has 1 N–H and O–H groups in total. The van der Waals surface area contributed by atoms with Crippen molar-refractivity contribution in [1.29, 1.82) is 0 Å². The molecule has 5 aromatic rings. The van der Waals surface area contributed by atoms with Crippen LogP contribution in [-0.2, 0) is 4.79 Å². The summed E-state index contributed by atoms with van der Waals surface area (Å²) in [6.45, 7) is 2.06. The first kappa shape index (κ1) is 20.7. The molecule has 2 aromatic heterocycles. The molecule has 4 nitrogen and oxygen atoms in total. The van der Waals surface area contributed by atoms with E-state index in [2.05, 4.69) is 48.8 Å². The minimum atomic E-state index is -0.0181. The van der Waals surface area contributed by atoms with Crippen LogP contribution < -0.4 is 5.32 Å². The third-order valence-electron chi connectivity index (χ3n) is 5.83. The molecular formula is C29H25N3O. The summed E-state index contributed by atoms with van der Waals surface area (Å²) in [5.41, 5.74) is 6.96. The van der Waals surface area contributed by atoms with Gasteiger partial charge in [-0.2, -0.15) is 0 Å². The molecule has 0 aliphatic heterocycles. The van der Waals surface area contributed by atoms with E-state index in [1.807, 2.05) is 77.3 Å². The van der Waals surface area contributed by atoms with E-state index in [4.69, 9.17) is 4.98 Å². The molecule has 0 aliphatic carbocycles. The second-order valence-electron chi connectivity index (χ2n) is 8.31. The Hall–Kier alpha value is -4.18. The van der Waals surface area contributed by atoms with E-state index in [0.717, 1.165) is 33.7 Å². The standard InChI is InChI=1S/C29H25N3O/c1-21-15-16-28-31-27(20-32(28)19-21)24-13-8-14-25(17-24)30-29(33)18-26(22-9-4-2-5-10-22)23-11-6-3-7-12-23/h2-17,19-20,26H,18H2,1H3,(H,30,33). The van der Waals surface area contributed by atoms with Crippen LogP contribution in [-0.4, -0.2) is 15.3 Å². The zero-order chi connectivity index (χ0) is 22.6. The number of hydrogen-bond acceptors (Lipinski definition) is 2. The highest BCUT2D eigenvalue weighted by atomic mass is 16.1. The van der Waals surface area contributed by atoms with E-state index in [1.54, 1.807) is 0 Å². The molecule has 5 rings (SSSR count). The molecule has 0 aliphatic rings.